The first-order valence-corrected chi connectivity index (χ1v) is 10.4. The number of anilines is 1. The maximum absolute atomic E-state index is 4.53. The lowest BCUT2D eigenvalue weighted by molar-refractivity contribution is 0.331. The predicted molar refractivity (Wildman–Crippen MR) is 121 cm³/mol. The van der Waals surface area contributed by atoms with E-state index in [1.165, 1.54) is 53.8 Å². The third-order valence-corrected chi connectivity index (χ3v) is 5.77. The van der Waals surface area contributed by atoms with Gasteiger partial charge in [-0.1, -0.05) is 24.3 Å². The summed E-state index contributed by atoms with van der Waals surface area (Å²) in [6, 6.07) is 19.5. The molecule has 4 heteroatoms. The maximum Gasteiger partial charge on any atom is 0.0660 e. The largest absolute Gasteiger partial charge is 0.361 e. The van der Waals surface area contributed by atoms with Crippen molar-refractivity contribution in [3.05, 3.63) is 83.7 Å². The van der Waals surface area contributed by atoms with Crippen LogP contribution in [0.5, 0.6) is 0 Å². The Balaban J connectivity index is 1.32. The SMILES string of the molecule is C1=NCC(=CNc2ccc(CN3CCCC3)cc2)c2cc(-c3ccc[nH]3)ccc21. The van der Waals surface area contributed by atoms with E-state index in [9.17, 15) is 0 Å². The van der Waals surface area contributed by atoms with Gasteiger partial charge in [-0.05, 0) is 84.1 Å². The van der Waals surface area contributed by atoms with Crippen molar-refractivity contribution in [1.82, 2.24) is 9.88 Å². The summed E-state index contributed by atoms with van der Waals surface area (Å²) in [5.74, 6) is 0. The summed E-state index contributed by atoms with van der Waals surface area (Å²) < 4.78 is 0. The standard InChI is InChI=1S/C25H26N4/c1-2-13-29(12-1)18-19-5-9-23(10-6-19)28-17-22-16-26-15-21-8-7-20(14-24(21)22)25-4-3-11-27-25/h3-11,14-15,17,27-28H,1-2,12-13,16,18H2. The molecule has 0 atom stereocenters. The molecule has 146 valence electrons. The van der Waals surface area contributed by atoms with Gasteiger partial charge in [-0.25, -0.2) is 0 Å². The molecule has 1 aromatic heterocycles. The van der Waals surface area contributed by atoms with Crippen molar-refractivity contribution in [2.45, 2.75) is 19.4 Å². The van der Waals surface area contributed by atoms with Gasteiger partial charge in [0.15, 0.2) is 0 Å². The molecule has 1 saturated heterocycles. The van der Waals surface area contributed by atoms with Crippen LogP contribution in [0.1, 0.15) is 29.5 Å². The summed E-state index contributed by atoms with van der Waals surface area (Å²) in [7, 11) is 0. The third-order valence-electron chi connectivity index (χ3n) is 5.77. The second kappa shape index (κ2) is 8.10. The molecule has 29 heavy (non-hydrogen) atoms. The molecule has 2 N–H and O–H groups in total. The number of rotatable bonds is 5. The van der Waals surface area contributed by atoms with Crippen molar-refractivity contribution in [2.24, 2.45) is 4.99 Å². The van der Waals surface area contributed by atoms with E-state index in [2.05, 4.69) is 74.9 Å². The Hall–Kier alpha value is -3.11. The molecule has 2 aliphatic rings. The lowest BCUT2D eigenvalue weighted by Gasteiger charge is -2.16. The molecule has 0 unspecified atom stereocenters. The van der Waals surface area contributed by atoms with E-state index in [4.69, 9.17) is 0 Å². The number of H-pyrrole nitrogens is 1. The van der Waals surface area contributed by atoms with Gasteiger partial charge < -0.3 is 10.3 Å². The lowest BCUT2D eigenvalue weighted by atomic mass is 9.95. The van der Waals surface area contributed by atoms with E-state index in [1.807, 2.05) is 18.5 Å². The Bertz CT molecular complexity index is 1020. The molecule has 4 nitrogen and oxygen atoms in total. The lowest BCUT2D eigenvalue weighted by Crippen LogP contribution is -2.18. The second-order valence-electron chi connectivity index (χ2n) is 7.85. The van der Waals surface area contributed by atoms with Crippen LogP contribution in [0.15, 0.2) is 72.0 Å². The Morgan fingerprint density at radius 3 is 2.69 bits per heavy atom. The van der Waals surface area contributed by atoms with Crippen molar-refractivity contribution in [3.8, 4) is 11.3 Å². The van der Waals surface area contributed by atoms with Gasteiger partial charge in [0.2, 0.25) is 0 Å². The number of aliphatic imine (C=N–C) groups is 1. The highest BCUT2D eigenvalue weighted by atomic mass is 15.1. The van der Waals surface area contributed by atoms with Gasteiger partial charge in [-0.15, -0.1) is 0 Å². The summed E-state index contributed by atoms with van der Waals surface area (Å²) in [4.78, 5) is 10.4. The first-order chi connectivity index (χ1) is 14.3. The molecule has 2 aliphatic heterocycles. The number of aromatic nitrogens is 1. The fraction of sp³-hybridized carbons (Fsp3) is 0.240. The second-order valence-corrected chi connectivity index (χ2v) is 7.85. The maximum atomic E-state index is 4.53. The van der Waals surface area contributed by atoms with Crippen LogP contribution in [0.4, 0.5) is 5.69 Å². The number of benzene rings is 2. The topological polar surface area (TPSA) is 43.4 Å². The molecule has 1 fully saturated rings. The number of aromatic amines is 1. The van der Waals surface area contributed by atoms with Gasteiger partial charge in [0.05, 0.1) is 6.54 Å². The molecule has 0 amide bonds. The van der Waals surface area contributed by atoms with Crippen molar-refractivity contribution < 1.29 is 0 Å². The molecule has 0 aliphatic carbocycles. The van der Waals surface area contributed by atoms with Crippen LogP contribution < -0.4 is 5.32 Å². The van der Waals surface area contributed by atoms with E-state index in [1.54, 1.807) is 0 Å². The van der Waals surface area contributed by atoms with Crippen molar-refractivity contribution in [3.63, 3.8) is 0 Å². The normalized spacial score (nSPS) is 17.6. The van der Waals surface area contributed by atoms with Crippen LogP contribution in [0.25, 0.3) is 16.8 Å². The number of hydrogen-bond donors (Lipinski definition) is 2. The minimum atomic E-state index is 0.696. The highest BCUT2D eigenvalue weighted by Gasteiger charge is 2.13. The number of hydrogen-bond acceptors (Lipinski definition) is 3. The van der Waals surface area contributed by atoms with Crippen LogP contribution in [0.3, 0.4) is 0 Å². The number of nitrogens with one attached hydrogen (secondary N) is 2. The molecule has 2 aromatic carbocycles. The van der Waals surface area contributed by atoms with Gasteiger partial charge in [0.25, 0.3) is 0 Å². The average Bonchev–Trinajstić information content (AvgIpc) is 3.47. The first-order valence-electron chi connectivity index (χ1n) is 10.4. The molecular weight excluding hydrogens is 356 g/mol. The molecule has 3 aromatic rings. The molecule has 0 saturated carbocycles. The molecule has 5 rings (SSSR count). The number of nitrogens with zero attached hydrogens (tertiary/aromatic N) is 2. The zero-order valence-electron chi connectivity index (χ0n) is 16.6. The van der Waals surface area contributed by atoms with Crippen LogP contribution in [-0.4, -0.2) is 35.7 Å². The highest BCUT2D eigenvalue weighted by molar-refractivity contribution is 5.94. The monoisotopic (exact) mass is 382 g/mol. The van der Waals surface area contributed by atoms with Gasteiger partial charge in [-0.3, -0.25) is 9.89 Å². The van der Waals surface area contributed by atoms with Gasteiger partial charge in [0, 0.05) is 36.5 Å². The summed E-state index contributed by atoms with van der Waals surface area (Å²) in [6.07, 6.45) is 8.70. The minimum Gasteiger partial charge on any atom is -0.361 e. The Labute approximate surface area is 172 Å². The molecule has 0 radical (unpaired) electrons. The van der Waals surface area contributed by atoms with E-state index in [0.717, 1.165) is 17.9 Å². The molecule has 0 bridgehead atoms. The molecule has 0 spiro atoms. The number of likely N-dealkylation sites (tertiary alicyclic amines) is 1. The van der Waals surface area contributed by atoms with Crippen LogP contribution in [0, 0.1) is 0 Å². The molecule has 3 heterocycles. The average molecular weight is 383 g/mol. The Morgan fingerprint density at radius 1 is 1.03 bits per heavy atom. The smallest absolute Gasteiger partial charge is 0.0660 e. The summed E-state index contributed by atoms with van der Waals surface area (Å²) >= 11 is 0. The van der Waals surface area contributed by atoms with Crippen molar-refractivity contribution in [2.75, 3.05) is 25.0 Å². The highest BCUT2D eigenvalue weighted by Crippen LogP contribution is 2.28. The third kappa shape index (κ3) is 4.03. The zero-order chi connectivity index (χ0) is 19.5. The van der Waals surface area contributed by atoms with Crippen LogP contribution in [0.2, 0.25) is 0 Å². The Morgan fingerprint density at radius 2 is 1.90 bits per heavy atom. The number of fused-ring (bicyclic) bond motifs is 1. The van der Waals surface area contributed by atoms with E-state index < -0.39 is 0 Å². The van der Waals surface area contributed by atoms with Crippen molar-refractivity contribution in [1.29, 1.82) is 0 Å². The predicted octanol–water partition coefficient (Wildman–Crippen LogP) is 5.16. The van der Waals surface area contributed by atoms with Crippen LogP contribution in [-0.2, 0) is 6.54 Å². The quantitative estimate of drug-likeness (QED) is 0.640. The summed E-state index contributed by atoms with van der Waals surface area (Å²) in [5, 5.41) is 3.47. The van der Waals surface area contributed by atoms with Gasteiger partial charge in [-0.2, -0.15) is 0 Å². The fourth-order valence-corrected chi connectivity index (χ4v) is 4.15. The zero-order valence-corrected chi connectivity index (χ0v) is 16.6. The Kier molecular flexibility index (Phi) is 5.01. The van der Waals surface area contributed by atoms with E-state index >= 15 is 0 Å². The fourth-order valence-electron chi connectivity index (χ4n) is 4.15. The van der Waals surface area contributed by atoms with Crippen molar-refractivity contribution >= 4 is 17.5 Å². The summed E-state index contributed by atoms with van der Waals surface area (Å²) in [6.45, 7) is 4.22. The van der Waals surface area contributed by atoms with Gasteiger partial charge >= 0.3 is 0 Å². The molecular formula is C25H26N4. The van der Waals surface area contributed by atoms with Crippen LogP contribution >= 0.6 is 0 Å². The first kappa shape index (κ1) is 18.0. The minimum absolute atomic E-state index is 0.696. The van der Waals surface area contributed by atoms with E-state index in [-0.39, 0.29) is 0 Å². The van der Waals surface area contributed by atoms with E-state index in [0.29, 0.717) is 6.54 Å². The van der Waals surface area contributed by atoms with Gasteiger partial charge in [0.1, 0.15) is 0 Å². The summed E-state index contributed by atoms with van der Waals surface area (Å²) in [5.41, 5.74) is 8.44.